The van der Waals surface area contributed by atoms with E-state index < -0.39 is 69.3 Å². The number of ether oxygens (including phenoxy) is 2. The van der Waals surface area contributed by atoms with Crippen LogP contribution in [0, 0.1) is 6.92 Å². The summed E-state index contributed by atoms with van der Waals surface area (Å²) in [5.74, 6) is -3.07. The van der Waals surface area contributed by atoms with Crippen LogP contribution in [0.3, 0.4) is 0 Å². The number of aromatic nitrogens is 2. The zero-order valence-electron chi connectivity index (χ0n) is 45.6. The van der Waals surface area contributed by atoms with Gasteiger partial charge in [-0.3, -0.25) is 24.0 Å². The number of benzene rings is 6. The number of Topliss-reactive ketones (excluding diaryl/α,β-unsaturated/α-hetero) is 1. The number of ketones is 1. The number of aryl methyl sites for hydroxylation is 1. The second-order valence-electron chi connectivity index (χ2n) is 20.3. The number of nitrogens with two attached hydrogens (primary N) is 1. The van der Waals surface area contributed by atoms with Crippen LogP contribution in [-0.4, -0.2) is 101 Å². The fraction of sp³-hybridized carbons (Fsp3) is 0.262. The van der Waals surface area contributed by atoms with Crippen molar-refractivity contribution in [3.05, 3.63) is 212 Å². The summed E-state index contributed by atoms with van der Waals surface area (Å²) in [6.07, 6.45) is 1.81. The maximum atomic E-state index is 15.7. The third-order valence-electron chi connectivity index (χ3n) is 13.0. The number of nitrogens with zero attached hydrogens (tertiary/aromatic N) is 2. The Balaban J connectivity index is 1.26. The van der Waals surface area contributed by atoms with Gasteiger partial charge in [0.15, 0.2) is 5.78 Å². The smallest absolute Gasteiger partial charge is 0.339 e. The lowest BCUT2D eigenvalue weighted by Gasteiger charge is -2.27. The quantitative estimate of drug-likeness (QED) is 0.0205. The zero-order chi connectivity index (χ0) is 59.3. The number of rotatable bonds is 25. The number of thioether (sulfide) groups is 1. The Labute approximate surface area is 490 Å². The zero-order valence-corrected chi connectivity index (χ0v) is 48.7. The number of nitrogens with one attached hydrogen (secondary N) is 3. The monoisotopic (exact) mass is 1190 g/mol. The molecule has 0 aliphatic carbocycles. The van der Waals surface area contributed by atoms with E-state index in [2.05, 4.69) is 20.9 Å². The third kappa shape index (κ3) is 16.4. The molecule has 6 aromatic carbocycles. The molecule has 0 radical (unpaired) electrons. The van der Waals surface area contributed by atoms with Crippen molar-refractivity contribution in [1.82, 2.24) is 24.9 Å². The largest absolute Gasteiger partial charge is 0.508 e. The first-order valence-corrected chi connectivity index (χ1v) is 29.2. The number of aldehydes is 1. The highest BCUT2D eigenvalue weighted by atomic mass is 35.5. The number of imidazole rings is 1. The average molecular weight is 1190 g/mol. The van der Waals surface area contributed by atoms with Gasteiger partial charge in [-0.05, 0) is 110 Å². The maximum Gasteiger partial charge on any atom is 0.339 e. The summed E-state index contributed by atoms with van der Waals surface area (Å²) in [4.78, 5) is 91.3. The molecule has 0 saturated carbocycles. The molecule has 4 atom stereocenters. The second-order valence-corrected chi connectivity index (χ2v) is 24.0. The maximum absolute atomic E-state index is 15.7. The molecule has 428 valence electrons. The first kappa shape index (κ1) is 61.8. The molecule has 7 aromatic rings. The van der Waals surface area contributed by atoms with E-state index in [-0.39, 0.29) is 80.1 Å². The van der Waals surface area contributed by atoms with Gasteiger partial charge in [-0.1, -0.05) is 108 Å². The first-order valence-electron chi connectivity index (χ1n) is 25.9. The van der Waals surface area contributed by atoms with Crippen LogP contribution in [0.5, 0.6) is 11.5 Å². The van der Waals surface area contributed by atoms with Gasteiger partial charge in [0.1, 0.15) is 41.8 Å². The van der Waals surface area contributed by atoms with E-state index in [4.69, 9.17) is 38.4 Å². The van der Waals surface area contributed by atoms with Crippen LogP contribution in [-0.2, 0) is 60.6 Å². The molecule has 0 unspecified atom stereocenters. The molecule has 0 fully saturated rings. The predicted octanol–water partition coefficient (Wildman–Crippen LogP) is 8.43. The third-order valence-corrected chi connectivity index (χ3v) is 16.5. The van der Waals surface area contributed by atoms with Gasteiger partial charge in [0.05, 0.1) is 35.3 Å². The summed E-state index contributed by atoms with van der Waals surface area (Å²) in [6.45, 7) is 6.76. The molecule has 0 spiro atoms. The molecule has 6 N–H and O–H groups in total. The Bertz CT molecular complexity index is 3520. The molecule has 0 aliphatic heterocycles. The molecule has 0 aliphatic rings. The van der Waals surface area contributed by atoms with Crippen LogP contribution < -0.4 is 26.4 Å². The number of carbonyl (C=O) groups is 6. The number of hydrogen-bond acceptors (Lipinski definition) is 14. The Kier molecular flexibility index (Phi) is 20.9. The van der Waals surface area contributed by atoms with Crippen LogP contribution in [0.25, 0.3) is 0 Å². The lowest BCUT2D eigenvalue weighted by atomic mass is 9.85. The summed E-state index contributed by atoms with van der Waals surface area (Å²) >= 11 is 14.7. The van der Waals surface area contributed by atoms with Crippen molar-refractivity contribution in [2.24, 2.45) is 5.73 Å². The van der Waals surface area contributed by atoms with E-state index in [0.717, 1.165) is 21.4 Å². The van der Waals surface area contributed by atoms with E-state index in [9.17, 15) is 32.7 Å². The molecule has 1 aromatic heterocycles. The van der Waals surface area contributed by atoms with Gasteiger partial charge < -0.3 is 36.3 Å². The highest BCUT2D eigenvalue weighted by Crippen LogP contribution is 2.32. The summed E-state index contributed by atoms with van der Waals surface area (Å²) in [7, 11) is -2.59. The number of phenolic OH excluding ortho intramolecular Hbond substituents is 1. The van der Waals surface area contributed by atoms with Crippen molar-refractivity contribution in [3.8, 4) is 11.5 Å². The Morgan fingerprint density at radius 3 is 1.94 bits per heavy atom. The molecule has 1 heterocycles. The van der Waals surface area contributed by atoms with E-state index in [1.165, 1.54) is 66.5 Å². The van der Waals surface area contributed by atoms with Crippen LogP contribution in [0.15, 0.2) is 151 Å². The van der Waals surface area contributed by atoms with Gasteiger partial charge in [-0.25, -0.2) is 22.2 Å². The van der Waals surface area contributed by atoms with Crippen molar-refractivity contribution < 1.29 is 51.8 Å². The molecular formula is C61H62Cl2N6O11S2. The fourth-order valence-electron chi connectivity index (χ4n) is 8.69. The summed E-state index contributed by atoms with van der Waals surface area (Å²) in [6, 6.07) is 29.8. The van der Waals surface area contributed by atoms with Gasteiger partial charge in [0, 0.05) is 64.6 Å². The van der Waals surface area contributed by atoms with Crippen molar-refractivity contribution in [3.63, 3.8) is 0 Å². The first-order chi connectivity index (χ1) is 39.0. The number of hydrogen-bond donors (Lipinski definition) is 5. The van der Waals surface area contributed by atoms with Gasteiger partial charge in [0.2, 0.25) is 17.7 Å². The van der Waals surface area contributed by atoms with Gasteiger partial charge in [0.25, 0.3) is 10.0 Å². The molecule has 3 amide bonds. The minimum absolute atomic E-state index is 0.0198. The van der Waals surface area contributed by atoms with Crippen LogP contribution >= 0.6 is 35.0 Å². The molecule has 7 rings (SSSR count). The summed E-state index contributed by atoms with van der Waals surface area (Å²) in [5.41, 5.74) is 8.26. The minimum atomic E-state index is -4.15. The number of halogens is 2. The predicted molar refractivity (Wildman–Crippen MR) is 315 cm³/mol. The average Bonchev–Trinajstić information content (AvgIpc) is 3.41. The van der Waals surface area contributed by atoms with E-state index >= 15 is 9.59 Å². The Morgan fingerprint density at radius 1 is 0.732 bits per heavy atom. The Hall–Kier alpha value is -7.81. The number of phenols is 1. The van der Waals surface area contributed by atoms with Crippen LogP contribution in [0.1, 0.15) is 90.9 Å². The summed E-state index contributed by atoms with van der Waals surface area (Å²) < 4.78 is 39.4. The van der Waals surface area contributed by atoms with Crippen LogP contribution in [0.2, 0.25) is 10.0 Å². The van der Waals surface area contributed by atoms with Gasteiger partial charge in [-0.15, -0.1) is 0 Å². The summed E-state index contributed by atoms with van der Waals surface area (Å²) in [5, 5.41) is 19.0. The molecule has 21 heteroatoms. The normalized spacial score (nSPS) is 13.0. The topological polar surface area (TPSA) is 255 Å². The minimum Gasteiger partial charge on any atom is -0.508 e. The standard InChI is InChI=1S/C61H62Cl2N6O11S2/c1-37-14-25-45(26-15-37)82(77,78)69-32-42(65-36-69)30-54(67-57(73)51(64)35-81-34-40-18-23-44(79-5)24-19-40)59(75)68-53(29-39-16-21-43(71)22-17-39)58(74)66-52(28-38-10-7-6-8-11-38)56(72)55-46(60(76)80-61(2,3)4)27-20-41(33-70)47(55)31-48-49(62)12-9-13-50(48)63/h6-27,32-33,36,51-54,71H,28-31,34-35,64H2,1-5H3,(H,66,74)(H,67,73)(H,68,75)/t51-,52-,53+,54+/m0/s1. The molecule has 17 nitrogen and oxygen atoms in total. The second kappa shape index (κ2) is 27.8. The van der Waals surface area contributed by atoms with Crippen LogP contribution in [0.4, 0.5) is 0 Å². The molecule has 82 heavy (non-hydrogen) atoms. The van der Waals surface area contributed by atoms with E-state index in [0.29, 0.717) is 34.5 Å². The van der Waals surface area contributed by atoms with Crippen molar-refractivity contribution in [2.45, 2.75) is 93.8 Å². The number of aromatic hydroxyl groups is 1. The van der Waals surface area contributed by atoms with Gasteiger partial charge >= 0.3 is 5.97 Å². The van der Waals surface area contributed by atoms with Crippen molar-refractivity contribution in [1.29, 1.82) is 0 Å². The number of methoxy groups -OCH3 is 1. The molecule has 0 saturated heterocycles. The lowest BCUT2D eigenvalue weighted by molar-refractivity contribution is -0.132. The van der Waals surface area contributed by atoms with E-state index in [1.807, 2.05) is 31.2 Å². The van der Waals surface area contributed by atoms with Gasteiger partial charge in [-0.2, -0.15) is 11.8 Å². The molecule has 0 bridgehead atoms. The fourth-order valence-corrected chi connectivity index (χ4v) is 11.3. The van der Waals surface area contributed by atoms with E-state index in [1.54, 1.807) is 88.5 Å². The SMILES string of the molecule is COc1ccc(CSC[C@H](N)C(=O)N[C@H](Cc2cn(S(=O)(=O)c3ccc(C)cc3)cn2)C(=O)N[C@H](Cc2ccc(O)cc2)C(=O)N[C@@H](Cc2ccccc2)C(=O)c2c(C(=O)OC(C)(C)C)ccc(C=O)c2Cc2c(Cl)cccc2Cl)cc1. The molecular weight excluding hydrogens is 1130 g/mol. The van der Waals surface area contributed by atoms with Crippen molar-refractivity contribution in [2.75, 3.05) is 12.9 Å². The number of carbonyl (C=O) groups excluding carboxylic acids is 6. The number of amides is 3. The highest BCUT2D eigenvalue weighted by molar-refractivity contribution is 7.98. The number of esters is 1. The highest BCUT2D eigenvalue weighted by Gasteiger charge is 2.36. The lowest BCUT2D eigenvalue weighted by Crippen LogP contribution is -2.58. The van der Waals surface area contributed by atoms with Crippen molar-refractivity contribution >= 4 is 80.7 Å². The Morgan fingerprint density at radius 2 is 1.32 bits per heavy atom.